The van der Waals surface area contributed by atoms with Gasteiger partial charge in [0.1, 0.15) is 0 Å². The molecular weight excluding hydrogens is 212 g/mol. The van der Waals surface area contributed by atoms with Gasteiger partial charge in [-0.2, -0.15) is 0 Å². The van der Waals surface area contributed by atoms with Crippen LogP contribution in [-0.4, -0.2) is 0 Å². The average Bonchev–Trinajstić information content (AvgIpc) is 2.69. The van der Waals surface area contributed by atoms with E-state index in [1.54, 1.807) is 0 Å². The topological polar surface area (TPSA) is 0 Å². The predicted molar refractivity (Wildman–Crippen MR) is 72.9 cm³/mol. The van der Waals surface area contributed by atoms with Gasteiger partial charge in [0.25, 0.3) is 0 Å². The molecule has 0 saturated heterocycles. The minimum absolute atomic E-state index is 0.341. The van der Waals surface area contributed by atoms with Crippen LogP contribution in [0.25, 0.3) is 10.4 Å². The smallest absolute Gasteiger partial charge is 0.0345 e. The molecule has 0 fully saturated rings. The molecule has 1 heteroatoms. The molecule has 0 spiro atoms. The molecule has 0 radical (unpaired) electrons. The second kappa shape index (κ2) is 4.42. The van der Waals surface area contributed by atoms with Crippen molar-refractivity contribution in [3.8, 4) is 10.4 Å². The maximum atomic E-state index is 2.29. The van der Waals surface area contributed by atoms with Crippen LogP contribution < -0.4 is 0 Å². The molecule has 84 valence electrons. The minimum atomic E-state index is 0.341. The van der Waals surface area contributed by atoms with Gasteiger partial charge in [0.2, 0.25) is 0 Å². The first-order valence-electron chi connectivity index (χ1n) is 5.68. The maximum Gasteiger partial charge on any atom is 0.0345 e. The predicted octanol–water partition coefficient (Wildman–Crippen LogP) is 5.00. The summed E-state index contributed by atoms with van der Waals surface area (Å²) in [5.41, 5.74) is 3.19. The van der Waals surface area contributed by atoms with Crippen LogP contribution in [0.4, 0.5) is 0 Å². The first kappa shape index (κ1) is 11.4. The summed E-state index contributed by atoms with van der Waals surface area (Å²) >= 11 is 1.82. The monoisotopic (exact) mass is 230 g/mol. The van der Waals surface area contributed by atoms with Crippen molar-refractivity contribution in [1.29, 1.82) is 0 Å². The summed E-state index contributed by atoms with van der Waals surface area (Å²) in [5.74, 6) is 0. The van der Waals surface area contributed by atoms with Crippen LogP contribution in [0.5, 0.6) is 0 Å². The van der Waals surface area contributed by atoms with Crippen molar-refractivity contribution >= 4 is 11.3 Å². The van der Waals surface area contributed by atoms with E-state index >= 15 is 0 Å². The lowest BCUT2D eigenvalue weighted by Crippen LogP contribution is -2.09. The Bertz CT molecular complexity index is 447. The Morgan fingerprint density at radius 2 is 1.75 bits per heavy atom. The zero-order chi connectivity index (χ0) is 11.6. The highest BCUT2D eigenvalue weighted by atomic mass is 32.1. The van der Waals surface area contributed by atoms with Gasteiger partial charge in [0.15, 0.2) is 0 Å². The highest BCUT2D eigenvalue weighted by Crippen LogP contribution is 2.31. The fraction of sp³-hybridized carbons (Fsp3) is 0.333. The fourth-order valence-electron chi connectivity index (χ4n) is 1.92. The quantitative estimate of drug-likeness (QED) is 0.680. The summed E-state index contributed by atoms with van der Waals surface area (Å²) in [6.45, 7) is 6.87. The van der Waals surface area contributed by atoms with E-state index in [0.29, 0.717) is 5.41 Å². The van der Waals surface area contributed by atoms with E-state index in [1.807, 2.05) is 11.3 Å². The summed E-state index contributed by atoms with van der Waals surface area (Å²) in [6.07, 6.45) is 1.13. The van der Waals surface area contributed by atoms with Crippen LogP contribution in [0, 0.1) is 5.41 Å². The first-order valence-corrected chi connectivity index (χ1v) is 6.56. The lowest BCUT2D eigenvalue weighted by Gasteiger charge is -2.20. The molecule has 0 aliphatic carbocycles. The van der Waals surface area contributed by atoms with E-state index < -0.39 is 0 Å². The third kappa shape index (κ3) is 2.73. The van der Waals surface area contributed by atoms with Gasteiger partial charge < -0.3 is 0 Å². The van der Waals surface area contributed by atoms with E-state index in [-0.39, 0.29) is 0 Å². The molecule has 1 aromatic carbocycles. The number of benzene rings is 1. The summed E-state index contributed by atoms with van der Waals surface area (Å²) in [7, 11) is 0. The average molecular weight is 230 g/mol. The molecule has 2 aromatic rings. The summed E-state index contributed by atoms with van der Waals surface area (Å²) in [6, 6.07) is 13.1. The van der Waals surface area contributed by atoms with Crippen LogP contribution >= 0.6 is 11.3 Å². The molecule has 0 amide bonds. The van der Waals surface area contributed by atoms with Crippen LogP contribution in [0.3, 0.4) is 0 Å². The second-order valence-corrected chi connectivity index (χ2v) is 6.32. The SMILES string of the molecule is CC(C)(C)Cc1ccccc1-c1cccs1. The van der Waals surface area contributed by atoms with E-state index in [1.165, 1.54) is 16.0 Å². The van der Waals surface area contributed by atoms with Crippen molar-refractivity contribution in [2.24, 2.45) is 5.41 Å². The molecule has 0 nitrogen and oxygen atoms in total. The lowest BCUT2D eigenvalue weighted by atomic mass is 9.86. The second-order valence-electron chi connectivity index (χ2n) is 5.37. The zero-order valence-corrected chi connectivity index (χ0v) is 11.0. The van der Waals surface area contributed by atoms with Gasteiger partial charge in [-0.25, -0.2) is 0 Å². The molecule has 2 rings (SSSR count). The Hall–Kier alpha value is -1.08. The van der Waals surface area contributed by atoms with Gasteiger partial charge in [-0.15, -0.1) is 11.3 Å². The maximum absolute atomic E-state index is 2.29. The minimum Gasteiger partial charge on any atom is -0.144 e. The molecule has 0 saturated carbocycles. The largest absolute Gasteiger partial charge is 0.144 e. The Morgan fingerprint density at radius 3 is 2.38 bits per heavy atom. The van der Waals surface area contributed by atoms with Gasteiger partial charge in [-0.1, -0.05) is 51.1 Å². The zero-order valence-electron chi connectivity index (χ0n) is 10.2. The van der Waals surface area contributed by atoms with E-state index in [2.05, 4.69) is 62.5 Å². The van der Waals surface area contributed by atoms with Crippen LogP contribution in [0.1, 0.15) is 26.3 Å². The van der Waals surface area contributed by atoms with Crippen molar-refractivity contribution in [2.75, 3.05) is 0 Å². The van der Waals surface area contributed by atoms with Crippen LogP contribution in [-0.2, 0) is 6.42 Å². The molecule has 0 aliphatic rings. The van der Waals surface area contributed by atoms with Gasteiger partial charge in [-0.3, -0.25) is 0 Å². The van der Waals surface area contributed by atoms with Gasteiger partial charge in [0, 0.05) is 4.88 Å². The third-order valence-corrected chi connectivity index (χ3v) is 3.43. The molecule has 0 unspecified atom stereocenters. The fourth-order valence-corrected chi connectivity index (χ4v) is 2.70. The molecule has 16 heavy (non-hydrogen) atoms. The first-order chi connectivity index (χ1) is 7.56. The Balaban J connectivity index is 2.39. The molecular formula is C15H18S. The molecule has 0 atom stereocenters. The van der Waals surface area contributed by atoms with E-state index in [4.69, 9.17) is 0 Å². The molecule has 0 aliphatic heterocycles. The van der Waals surface area contributed by atoms with Crippen LogP contribution in [0.2, 0.25) is 0 Å². The number of hydrogen-bond donors (Lipinski definition) is 0. The Labute approximate surface area is 102 Å². The highest BCUT2D eigenvalue weighted by molar-refractivity contribution is 7.13. The lowest BCUT2D eigenvalue weighted by molar-refractivity contribution is 0.412. The normalized spacial score (nSPS) is 11.7. The van der Waals surface area contributed by atoms with Crippen molar-refractivity contribution in [2.45, 2.75) is 27.2 Å². The van der Waals surface area contributed by atoms with Crippen molar-refractivity contribution in [1.82, 2.24) is 0 Å². The summed E-state index contributed by atoms with van der Waals surface area (Å²) < 4.78 is 0. The van der Waals surface area contributed by atoms with E-state index in [9.17, 15) is 0 Å². The Kier molecular flexibility index (Phi) is 3.15. The summed E-state index contributed by atoms with van der Waals surface area (Å²) in [4.78, 5) is 1.37. The molecule has 0 N–H and O–H groups in total. The van der Waals surface area contributed by atoms with Gasteiger partial charge >= 0.3 is 0 Å². The number of hydrogen-bond acceptors (Lipinski definition) is 1. The third-order valence-electron chi connectivity index (χ3n) is 2.52. The molecule has 1 heterocycles. The van der Waals surface area contributed by atoms with E-state index in [0.717, 1.165) is 6.42 Å². The highest BCUT2D eigenvalue weighted by Gasteiger charge is 2.14. The van der Waals surface area contributed by atoms with Crippen molar-refractivity contribution in [3.63, 3.8) is 0 Å². The van der Waals surface area contributed by atoms with Gasteiger partial charge in [0.05, 0.1) is 0 Å². The van der Waals surface area contributed by atoms with Crippen LogP contribution in [0.15, 0.2) is 41.8 Å². The number of thiophene rings is 1. The molecule has 0 bridgehead atoms. The standard InChI is InChI=1S/C15H18S/c1-15(2,3)11-12-7-4-5-8-13(12)14-9-6-10-16-14/h4-10H,11H2,1-3H3. The Morgan fingerprint density at radius 1 is 1.00 bits per heavy atom. The number of rotatable bonds is 2. The van der Waals surface area contributed by atoms with Crippen molar-refractivity contribution in [3.05, 3.63) is 47.3 Å². The molecule has 1 aromatic heterocycles. The van der Waals surface area contributed by atoms with Crippen molar-refractivity contribution < 1.29 is 0 Å². The van der Waals surface area contributed by atoms with Gasteiger partial charge in [-0.05, 0) is 34.4 Å². The summed E-state index contributed by atoms with van der Waals surface area (Å²) in [5, 5.41) is 2.14.